The van der Waals surface area contributed by atoms with Crippen molar-refractivity contribution in [2.75, 3.05) is 13.1 Å². The number of imide groups is 1. The average Bonchev–Trinajstić information content (AvgIpc) is 3.19. The fourth-order valence-corrected chi connectivity index (χ4v) is 4.94. The maximum Gasteiger partial charge on any atom is 0.322 e. The minimum absolute atomic E-state index is 0.118. The Morgan fingerprint density at radius 2 is 2.14 bits per heavy atom. The minimum Gasteiger partial charge on any atom is -0.339 e. The van der Waals surface area contributed by atoms with Crippen molar-refractivity contribution in [2.24, 2.45) is 0 Å². The predicted octanol–water partition coefficient (Wildman–Crippen LogP) is 2.86. The van der Waals surface area contributed by atoms with Gasteiger partial charge in [-0.3, -0.25) is 14.9 Å². The van der Waals surface area contributed by atoms with Crippen LogP contribution in [-0.2, 0) is 16.0 Å². The predicted molar refractivity (Wildman–Crippen MR) is 106 cm³/mol. The number of nitrogens with one attached hydrogen (secondary N) is 2. The number of thiazole rings is 1. The fraction of sp³-hybridized carbons (Fsp3) is 0.333. The number of urea groups is 1. The molecule has 1 unspecified atom stereocenters. The van der Waals surface area contributed by atoms with Gasteiger partial charge in [-0.25, -0.2) is 9.78 Å². The van der Waals surface area contributed by atoms with Gasteiger partial charge in [-0.15, -0.1) is 11.3 Å². The van der Waals surface area contributed by atoms with Crippen LogP contribution in [0.3, 0.4) is 0 Å². The lowest BCUT2D eigenvalue weighted by molar-refractivity contribution is -0.135. The lowest BCUT2D eigenvalue weighted by atomic mass is 9.89. The molecular formula is C18H16Cl2N4O3S. The number of halogens is 2. The van der Waals surface area contributed by atoms with Crippen LogP contribution in [0.5, 0.6) is 0 Å². The van der Waals surface area contributed by atoms with Crippen molar-refractivity contribution in [1.29, 1.82) is 0 Å². The van der Waals surface area contributed by atoms with Crippen LogP contribution >= 0.6 is 34.5 Å². The molecule has 2 N–H and O–H groups in total. The Kier molecular flexibility index (Phi) is 5.03. The highest BCUT2D eigenvalue weighted by atomic mass is 35.5. The van der Waals surface area contributed by atoms with Crippen LogP contribution in [-0.4, -0.2) is 46.4 Å². The number of likely N-dealkylation sites (tertiary alicyclic amines) is 1. The van der Waals surface area contributed by atoms with Crippen molar-refractivity contribution < 1.29 is 14.4 Å². The summed E-state index contributed by atoms with van der Waals surface area (Å²) in [5, 5.41) is 8.51. The molecule has 2 aliphatic rings. The van der Waals surface area contributed by atoms with E-state index in [2.05, 4.69) is 15.6 Å². The molecule has 1 atom stereocenters. The van der Waals surface area contributed by atoms with Gasteiger partial charge in [0, 0.05) is 22.5 Å². The second-order valence-corrected chi connectivity index (χ2v) is 8.56. The van der Waals surface area contributed by atoms with Gasteiger partial charge in [0.1, 0.15) is 10.5 Å². The molecular weight excluding hydrogens is 423 g/mol. The topological polar surface area (TPSA) is 91.4 Å². The molecule has 10 heteroatoms. The summed E-state index contributed by atoms with van der Waals surface area (Å²) in [6.45, 7) is 0.715. The van der Waals surface area contributed by atoms with Crippen LogP contribution in [0.1, 0.15) is 18.5 Å². The zero-order valence-corrected chi connectivity index (χ0v) is 17.0. The second-order valence-electron chi connectivity index (χ2n) is 6.85. The summed E-state index contributed by atoms with van der Waals surface area (Å²) >= 11 is 13.6. The maximum atomic E-state index is 12.8. The molecule has 1 aromatic heterocycles. The average molecular weight is 439 g/mol. The Labute approximate surface area is 175 Å². The lowest BCUT2D eigenvalue weighted by Gasteiger charge is -2.38. The van der Waals surface area contributed by atoms with E-state index >= 15 is 0 Å². The van der Waals surface area contributed by atoms with E-state index in [0.717, 1.165) is 5.56 Å². The molecule has 4 amide bonds. The van der Waals surface area contributed by atoms with E-state index in [-0.39, 0.29) is 24.8 Å². The number of benzene rings is 1. The van der Waals surface area contributed by atoms with Gasteiger partial charge in [0.25, 0.3) is 5.91 Å². The van der Waals surface area contributed by atoms with Gasteiger partial charge >= 0.3 is 6.03 Å². The van der Waals surface area contributed by atoms with Crippen LogP contribution in [0, 0.1) is 0 Å². The molecule has 0 saturated carbocycles. The van der Waals surface area contributed by atoms with E-state index in [1.54, 1.807) is 23.1 Å². The molecule has 1 spiro atoms. The first-order valence-corrected chi connectivity index (χ1v) is 10.3. The highest BCUT2D eigenvalue weighted by molar-refractivity contribution is 7.13. The molecule has 4 rings (SSSR count). The summed E-state index contributed by atoms with van der Waals surface area (Å²) in [6.07, 6.45) is 1.28. The minimum atomic E-state index is -1.02. The molecule has 0 aliphatic carbocycles. The third-order valence-electron chi connectivity index (χ3n) is 4.91. The largest absolute Gasteiger partial charge is 0.339 e. The molecule has 0 bridgehead atoms. The Bertz CT molecular complexity index is 979. The summed E-state index contributed by atoms with van der Waals surface area (Å²) < 4.78 is 0. The first kappa shape index (κ1) is 19.2. The lowest BCUT2D eigenvalue weighted by Crippen LogP contribution is -2.59. The molecule has 1 aromatic carbocycles. The second kappa shape index (κ2) is 7.35. The van der Waals surface area contributed by atoms with Crippen LogP contribution in [0.15, 0.2) is 23.6 Å². The number of carbonyl (C=O) groups is 3. The monoisotopic (exact) mass is 438 g/mol. The Balaban J connectivity index is 1.46. The van der Waals surface area contributed by atoms with Crippen LogP contribution in [0.4, 0.5) is 4.79 Å². The molecule has 2 aliphatic heterocycles. The van der Waals surface area contributed by atoms with E-state index in [4.69, 9.17) is 23.2 Å². The van der Waals surface area contributed by atoms with Gasteiger partial charge in [-0.2, -0.15) is 0 Å². The van der Waals surface area contributed by atoms with E-state index < -0.39 is 11.6 Å². The molecule has 28 heavy (non-hydrogen) atoms. The normalized spacial score (nSPS) is 21.7. The van der Waals surface area contributed by atoms with Crippen molar-refractivity contribution in [3.05, 3.63) is 39.3 Å². The Morgan fingerprint density at radius 3 is 2.86 bits per heavy atom. The Hall–Kier alpha value is -2.16. The summed E-state index contributed by atoms with van der Waals surface area (Å²) in [5.41, 5.74) is 0.377. The molecule has 146 valence electrons. The SMILES string of the molecule is O=C1NC(=O)C2(CCCN(C(=O)Cc3csc(-c4ccc(Cl)cc4Cl)n3)C2)N1. The summed E-state index contributed by atoms with van der Waals surface area (Å²) in [7, 11) is 0. The summed E-state index contributed by atoms with van der Waals surface area (Å²) in [5.74, 6) is -0.504. The van der Waals surface area contributed by atoms with E-state index in [9.17, 15) is 14.4 Å². The first-order valence-electron chi connectivity index (χ1n) is 8.67. The summed E-state index contributed by atoms with van der Waals surface area (Å²) in [6, 6.07) is 4.68. The van der Waals surface area contributed by atoms with Crippen molar-refractivity contribution in [2.45, 2.75) is 24.8 Å². The smallest absolute Gasteiger partial charge is 0.322 e. The van der Waals surface area contributed by atoms with Gasteiger partial charge in [-0.05, 0) is 31.0 Å². The number of amides is 4. The van der Waals surface area contributed by atoms with E-state index in [1.165, 1.54) is 11.3 Å². The number of aromatic nitrogens is 1. The van der Waals surface area contributed by atoms with Crippen molar-refractivity contribution in [1.82, 2.24) is 20.5 Å². The fourth-order valence-electron chi connectivity index (χ4n) is 3.53. The van der Waals surface area contributed by atoms with E-state index in [1.807, 2.05) is 5.38 Å². The zero-order chi connectivity index (χ0) is 19.9. The third-order valence-corrected chi connectivity index (χ3v) is 6.38. The van der Waals surface area contributed by atoms with Crippen LogP contribution in [0.2, 0.25) is 10.0 Å². The van der Waals surface area contributed by atoms with Crippen molar-refractivity contribution in [3.8, 4) is 10.6 Å². The van der Waals surface area contributed by atoms with Gasteiger partial charge in [-0.1, -0.05) is 23.2 Å². The number of carbonyl (C=O) groups excluding carboxylic acids is 3. The van der Waals surface area contributed by atoms with E-state index in [0.29, 0.717) is 40.1 Å². The number of piperidine rings is 1. The standard InChI is InChI=1S/C18H16Cl2N4O3S/c19-10-2-3-12(13(20)6-10)15-21-11(8-28-15)7-14(25)24-5-1-4-18(9-24)16(26)22-17(27)23-18/h2-3,6,8H,1,4-5,7,9H2,(H2,22,23,26,27). The van der Waals surface area contributed by atoms with Gasteiger partial charge in [0.05, 0.1) is 23.7 Å². The molecule has 2 fully saturated rings. The van der Waals surface area contributed by atoms with Crippen molar-refractivity contribution >= 4 is 52.4 Å². The quantitative estimate of drug-likeness (QED) is 0.720. The first-order chi connectivity index (χ1) is 13.4. The molecule has 7 nitrogen and oxygen atoms in total. The van der Waals surface area contributed by atoms with Gasteiger partial charge < -0.3 is 10.2 Å². The number of hydrogen-bond acceptors (Lipinski definition) is 5. The number of rotatable bonds is 3. The van der Waals surface area contributed by atoms with Gasteiger partial charge in [0.15, 0.2) is 0 Å². The van der Waals surface area contributed by atoms with Crippen LogP contribution in [0.25, 0.3) is 10.6 Å². The van der Waals surface area contributed by atoms with Gasteiger partial charge in [0.2, 0.25) is 5.91 Å². The molecule has 2 aromatic rings. The summed E-state index contributed by atoms with van der Waals surface area (Å²) in [4.78, 5) is 42.5. The van der Waals surface area contributed by atoms with Crippen molar-refractivity contribution in [3.63, 3.8) is 0 Å². The van der Waals surface area contributed by atoms with Crippen LogP contribution < -0.4 is 10.6 Å². The highest BCUT2D eigenvalue weighted by Crippen LogP contribution is 2.32. The zero-order valence-electron chi connectivity index (χ0n) is 14.6. The molecule has 3 heterocycles. The highest BCUT2D eigenvalue weighted by Gasteiger charge is 2.49. The molecule has 0 radical (unpaired) electrons. The number of nitrogens with zero attached hydrogens (tertiary/aromatic N) is 2. The molecule has 2 saturated heterocycles. The third kappa shape index (κ3) is 3.59. The Morgan fingerprint density at radius 1 is 1.32 bits per heavy atom. The number of hydrogen-bond donors (Lipinski definition) is 2. The maximum absolute atomic E-state index is 12.8.